The van der Waals surface area contributed by atoms with Crippen LogP contribution in [0.4, 0.5) is 11.4 Å². The number of non-ortho nitro benzene ring substituents is 1. The quantitative estimate of drug-likeness (QED) is 0.459. The Balaban J connectivity index is 3.54. The Hall–Kier alpha value is -2.55. The van der Waals surface area contributed by atoms with Gasteiger partial charge in [0, 0.05) is 6.07 Å². The molecule has 9 nitrogen and oxygen atoms in total. The minimum atomic E-state index is -1.09. The van der Waals surface area contributed by atoms with E-state index in [-0.39, 0.29) is 5.56 Å². The molecule has 17 heavy (non-hydrogen) atoms. The third-order valence-electron chi connectivity index (χ3n) is 2.04. The molecule has 0 saturated carbocycles. The smallest absolute Gasteiger partial charge is 0.288 e. The fourth-order valence-corrected chi connectivity index (χ4v) is 1.35. The van der Waals surface area contributed by atoms with Crippen LogP contribution in [0.25, 0.3) is 0 Å². The summed E-state index contributed by atoms with van der Waals surface area (Å²) >= 11 is 0. The van der Waals surface area contributed by atoms with Crippen molar-refractivity contribution in [3.63, 3.8) is 0 Å². The molecule has 1 amide bonds. The normalized spacial score (nSPS) is 9.76. The van der Waals surface area contributed by atoms with E-state index in [0.29, 0.717) is 6.07 Å². The van der Waals surface area contributed by atoms with Crippen molar-refractivity contribution < 1.29 is 19.8 Å². The van der Waals surface area contributed by atoms with E-state index >= 15 is 0 Å². The predicted molar refractivity (Wildman–Crippen MR) is 53.7 cm³/mol. The van der Waals surface area contributed by atoms with Crippen molar-refractivity contribution in [2.45, 2.75) is 6.92 Å². The average molecular weight is 241 g/mol. The predicted octanol–water partition coefficient (Wildman–Crippen LogP) is 0.930. The summed E-state index contributed by atoms with van der Waals surface area (Å²) in [5.74, 6) is -1.09. The maximum absolute atomic E-state index is 11.2. The zero-order chi connectivity index (χ0) is 13.2. The Morgan fingerprint density at radius 1 is 1.29 bits per heavy atom. The largest absolute Gasteiger partial charge is 0.289 e. The lowest BCUT2D eigenvalue weighted by molar-refractivity contribution is -0.394. The Morgan fingerprint density at radius 2 is 1.88 bits per heavy atom. The molecule has 0 heterocycles. The molecule has 1 aromatic rings. The Labute approximate surface area is 93.9 Å². The van der Waals surface area contributed by atoms with Crippen molar-refractivity contribution in [2.24, 2.45) is 0 Å². The Kier molecular flexibility index (Phi) is 3.34. The number of hydrogen-bond acceptors (Lipinski definition) is 6. The third kappa shape index (κ3) is 2.34. The summed E-state index contributed by atoms with van der Waals surface area (Å²) in [4.78, 5) is 30.7. The first-order chi connectivity index (χ1) is 7.88. The van der Waals surface area contributed by atoms with Crippen LogP contribution in [0.15, 0.2) is 12.1 Å². The van der Waals surface area contributed by atoms with Gasteiger partial charge in [-0.1, -0.05) is 0 Å². The van der Waals surface area contributed by atoms with Crippen molar-refractivity contribution in [2.75, 3.05) is 0 Å². The molecular formula is C8H7N3O6. The van der Waals surface area contributed by atoms with E-state index in [4.69, 9.17) is 5.21 Å². The molecular weight excluding hydrogens is 234 g/mol. The zero-order valence-corrected chi connectivity index (χ0v) is 8.54. The second kappa shape index (κ2) is 4.53. The minimum Gasteiger partial charge on any atom is -0.288 e. The first-order valence-electron chi connectivity index (χ1n) is 4.26. The number of hydrogen-bond donors (Lipinski definition) is 2. The van der Waals surface area contributed by atoms with Gasteiger partial charge in [0.2, 0.25) is 0 Å². The second-order valence-corrected chi connectivity index (χ2v) is 3.11. The number of aryl methyl sites for hydroxylation is 1. The van der Waals surface area contributed by atoms with Crippen LogP contribution in [0.5, 0.6) is 0 Å². The van der Waals surface area contributed by atoms with E-state index in [0.717, 1.165) is 6.07 Å². The molecule has 0 aliphatic heterocycles. The van der Waals surface area contributed by atoms with Crippen molar-refractivity contribution in [3.05, 3.63) is 43.5 Å². The molecule has 0 bridgehead atoms. The first-order valence-corrected chi connectivity index (χ1v) is 4.26. The van der Waals surface area contributed by atoms with Crippen LogP contribution in [0, 0.1) is 27.2 Å². The fraction of sp³-hybridized carbons (Fsp3) is 0.125. The highest BCUT2D eigenvalue weighted by molar-refractivity contribution is 5.99. The van der Waals surface area contributed by atoms with E-state index in [1.54, 1.807) is 0 Å². The van der Waals surface area contributed by atoms with E-state index in [1.165, 1.54) is 12.4 Å². The lowest BCUT2D eigenvalue weighted by Crippen LogP contribution is -2.21. The lowest BCUT2D eigenvalue weighted by Gasteiger charge is -2.04. The van der Waals surface area contributed by atoms with Crippen LogP contribution in [0.2, 0.25) is 0 Å². The number of nitrogens with one attached hydrogen (secondary N) is 1. The molecule has 0 unspecified atom stereocenters. The standard InChI is InChI=1S/C8H7N3O6/c1-4-2-5(10(14)15)3-6(11(16)17)7(4)8(12)9-13/h2-3,13H,1H3,(H,9,12). The second-order valence-electron chi connectivity index (χ2n) is 3.11. The number of carbonyl (C=O) groups is 1. The molecule has 0 aliphatic rings. The molecule has 0 spiro atoms. The molecule has 0 aliphatic carbocycles. The third-order valence-corrected chi connectivity index (χ3v) is 2.04. The number of carbonyl (C=O) groups excluding carboxylic acids is 1. The van der Waals surface area contributed by atoms with Crippen LogP contribution in [0.3, 0.4) is 0 Å². The number of nitro benzene ring substituents is 2. The fourth-order valence-electron chi connectivity index (χ4n) is 1.35. The molecule has 90 valence electrons. The number of nitrogens with zero attached hydrogens (tertiary/aromatic N) is 2. The monoisotopic (exact) mass is 241 g/mol. The number of nitro groups is 2. The topological polar surface area (TPSA) is 136 Å². The average Bonchev–Trinajstić information content (AvgIpc) is 2.26. The lowest BCUT2D eigenvalue weighted by atomic mass is 10.1. The first kappa shape index (κ1) is 12.5. The van der Waals surface area contributed by atoms with E-state index in [9.17, 15) is 25.0 Å². The highest BCUT2D eigenvalue weighted by Crippen LogP contribution is 2.28. The maximum Gasteiger partial charge on any atom is 0.289 e. The van der Waals surface area contributed by atoms with Gasteiger partial charge in [0.25, 0.3) is 17.3 Å². The van der Waals surface area contributed by atoms with Crippen molar-refractivity contribution in [3.8, 4) is 0 Å². The molecule has 0 fully saturated rings. The molecule has 0 atom stereocenters. The highest BCUT2D eigenvalue weighted by Gasteiger charge is 2.26. The molecule has 9 heteroatoms. The van der Waals surface area contributed by atoms with Crippen molar-refractivity contribution in [1.29, 1.82) is 0 Å². The van der Waals surface area contributed by atoms with Gasteiger partial charge in [-0.2, -0.15) is 0 Å². The molecule has 0 aromatic heterocycles. The van der Waals surface area contributed by atoms with E-state index in [1.807, 2.05) is 0 Å². The zero-order valence-electron chi connectivity index (χ0n) is 8.54. The molecule has 1 rings (SSSR count). The summed E-state index contributed by atoms with van der Waals surface area (Å²) < 4.78 is 0. The Bertz CT molecular complexity index is 512. The summed E-state index contributed by atoms with van der Waals surface area (Å²) in [7, 11) is 0. The number of hydroxylamine groups is 1. The number of rotatable bonds is 3. The van der Waals surface area contributed by atoms with Gasteiger partial charge in [-0.3, -0.25) is 30.2 Å². The van der Waals surface area contributed by atoms with Gasteiger partial charge >= 0.3 is 0 Å². The number of amides is 1. The Morgan fingerprint density at radius 3 is 2.29 bits per heavy atom. The SMILES string of the molecule is Cc1cc([N+](=O)[O-])cc([N+](=O)[O-])c1C(=O)NO. The van der Waals surface area contributed by atoms with Crippen LogP contribution >= 0.6 is 0 Å². The summed E-state index contributed by atoms with van der Waals surface area (Å²) in [6.07, 6.45) is 0. The summed E-state index contributed by atoms with van der Waals surface area (Å²) in [5.41, 5.74) is -0.365. The minimum absolute atomic E-state index is 0.0254. The summed E-state index contributed by atoms with van der Waals surface area (Å²) in [6, 6.07) is 1.68. The van der Waals surface area contributed by atoms with Crippen LogP contribution in [-0.2, 0) is 0 Å². The van der Waals surface area contributed by atoms with Crippen LogP contribution in [-0.4, -0.2) is 21.0 Å². The van der Waals surface area contributed by atoms with Crippen LogP contribution in [0.1, 0.15) is 15.9 Å². The summed E-state index contributed by atoms with van der Waals surface area (Å²) in [5, 5.41) is 29.6. The van der Waals surface area contributed by atoms with Gasteiger partial charge in [-0.25, -0.2) is 5.48 Å². The van der Waals surface area contributed by atoms with Crippen LogP contribution < -0.4 is 5.48 Å². The van der Waals surface area contributed by atoms with Gasteiger partial charge in [0.05, 0.1) is 15.9 Å². The van der Waals surface area contributed by atoms with E-state index in [2.05, 4.69) is 0 Å². The molecule has 0 saturated heterocycles. The van der Waals surface area contributed by atoms with E-state index < -0.39 is 32.7 Å². The number of benzene rings is 1. The summed E-state index contributed by atoms with van der Waals surface area (Å²) in [6.45, 7) is 1.30. The maximum atomic E-state index is 11.2. The van der Waals surface area contributed by atoms with Gasteiger partial charge in [-0.05, 0) is 12.5 Å². The van der Waals surface area contributed by atoms with Gasteiger partial charge in [0.1, 0.15) is 5.56 Å². The molecule has 0 radical (unpaired) electrons. The molecule has 2 N–H and O–H groups in total. The van der Waals surface area contributed by atoms with Gasteiger partial charge in [0.15, 0.2) is 0 Å². The van der Waals surface area contributed by atoms with Gasteiger partial charge in [-0.15, -0.1) is 0 Å². The highest BCUT2D eigenvalue weighted by atomic mass is 16.6. The van der Waals surface area contributed by atoms with Gasteiger partial charge < -0.3 is 0 Å². The molecule has 1 aromatic carbocycles. The van der Waals surface area contributed by atoms with Crippen molar-refractivity contribution >= 4 is 17.3 Å². The van der Waals surface area contributed by atoms with Crippen molar-refractivity contribution in [1.82, 2.24) is 5.48 Å².